The summed E-state index contributed by atoms with van der Waals surface area (Å²) in [5.74, 6) is -0.405. The minimum atomic E-state index is -1.58. The normalized spacial score (nSPS) is 11.8. The standard InChI is InChI=1S/C8H16O4/c1-4-8(2,3)7(11)12-5-6(9)10/h6,9-10H,4-5H2,1-3H3. The van der Waals surface area contributed by atoms with Gasteiger partial charge in [0, 0.05) is 0 Å². The van der Waals surface area contributed by atoms with E-state index in [-0.39, 0.29) is 6.61 Å². The third-order valence-electron chi connectivity index (χ3n) is 1.80. The average molecular weight is 176 g/mol. The SMILES string of the molecule is CCC(C)(C)C(=O)OCC(O)O. The van der Waals surface area contributed by atoms with Crippen molar-refractivity contribution in [1.29, 1.82) is 0 Å². The molecular weight excluding hydrogens is 160 g/mol. The molecule has 72 valence electrons. The van der Waals surface area contributed by atoms with Gasteiger partial charge in [0.1, 0.15) is 6.61 Å². The van der Waals surface area contributed by atoms with Crippen LogP contribution < -0.4 is 0 Å². The Bertz CT molecular complexity index is 151. The molecule has 0 atom stereocenters. The molecule has 4 nitrogen and oxygen atoms in total. The summed E-state index contributed by atoms with van der Waals surface area (Å²) in [6, 6.07) is 0. The van der Waals surface area contributed by atoms with Crippen LogP contribution in [0.15, 0.2) is 0 Å². The first-order valence-electron chi connectivity index (χ1n) is 3.93. The van der Waals surface area contributed by atoms with E-state index in [4.69, 9.17) is 10.2 Å². The fraction of sp³-hybridized carbons (Fsp3) is 0.875. The van der Waals surface area contributed by atoms with Gasteiger partial charge in [-0.05, 0) is 20.3 Å². The second-order valence-electron chi connectivity index (χ2n) is 3.32. The Labute approximate surface area is 72.2 Å². The quantitative estimate of drug-likeness (QED) is 0.477. The number of hydrogen-bond acceptors (Lipinski definition) is 4. The number of aliphatic hydroxyl groups is 2. The van der Waals surface area contributed by atoms with Gasteiger partial charge in [0.2, 0.25) is 0 Å². The summed E-state index contributed by atoms with van der Waals surface area (Å²) in [6.45, 7) is 5.01. The summed E-state index contributed by atoms with van der Waals surface area (Å²) >= 11 is 0. The van der Waals surface area contributed by atoms with E-state index in [1.165, 1.54) is 0 Å². The predicted octanol–water partition coefficient (Wildman–Crippen LogP) is 0.277. The minimum absolute atomic E-state index is 0.359. The lowest BCUT2D eigenvalue weighted by atomic mass is 9.91. The Morgan fingerprint density at radius 1 is 1.50 bits per heavy atom. The zero-order valence-corrected chi connectivity index (χ0v) is 7.70. The number of ether oxygens (including phenoxy) is 1. The smallest absolute Gasteiger partial charge is 0.311 e. The molecule has 0 amide bonds. The third kappa shape index (κ3) is 3.69. The van der Waals surface area contributed by atoms with E-state index in [1.54, 1.807) is 13.8 Å². The Morgan fingerprint density at radius 3 is 2.33 bits per heavy atom. The largest absolute Gasteiger partial charge is 0.460 e. The first-order chi connectivity index (χ1) is 5.40. The van der Waals surface area contributed by atoms with Crippen LogP contribution in [0.4, 0.5) is 0 Å². The van der Waals surface area contributed by atoms with Gasteiger partial charge in [-0.25, -0.2) is 0 Å². The molecule has 12 heavy (non-hydrogen) atoms. The highest BCUT2D eigenvalue weighted by Crippen LogP contribution is 2.21. The predicted molar refractivity (Wildman–Crippen MR) is 43.3 cm³/mol. The van der Waals surface area contributed by atoms with E-state index < -0.39 is 17.7 Å². The van der Waals surface area contributed by atoms with Crippen LogP contribution >= 0.6 is 0 Å². The van der Waals surface area contributed by atoms with E-state index in [9.17, 15) is 4.79 Å². The van der Waals surface area contributed by atoms with Crippen molar-refractivity contribution in [2.24, 2.45) is 5.41 Å². The molecule has 0 spiro atoms. The van der Waals surface area contributed by atoms with Crippen molar-refractivity contribution >= 4 is 5.97 Å². The Morgan fingerprint density at radius 2 is 2.00 bits per heavy atom. The summed E-state index contributed by atoms with van der Waals surface area (Å²) in [5.41, 5.74) is -0.547. The van der Waals surface area contributed by atoms with E-state index in [2.05, 4.69) is 4.74 Å². The molecule has 2 N–H and O–H groups in total. The molecule has 0 unspecified atom stereocenters. The molecule has 0 aliphatic carbocycles. The summed E-state index contributed by atoms with van der Waals surface area (Å²) in [6.07, 6.45) is -0.922. The number of carbonyl (C=O) groups is 1. The first-order valence-corrected chi connectivity index (χ1v) is 3.93. The summed E-state index contributed by atoms with van der Waals surface area (Å²) in [5, 5.41) is 16.8. The topological polar surface area (TPSA) is 66.8 Å². The lowest BCUT2D eigenvalue weighted by Gasteiger charge is -2.20. The fourth-order valence-corrected chi connectivity index (χ4v) is 0.490. The molecule has 0 aromatic carbocycles. The highest BCUT2D eigenvalue weighted by molar-refractivity contribution is 5.75. The van der Waals surface area contributed by atoms with E-state index in [0.717, 1.165) is 0 Å². The molecule has 0 aliphatic heterocycles. The van der Waals surface area contributed by atoms with Crippen molar-refractivity contribution in [3.05, 3.63) is 0 Å². The average Bonchev–Trinajstić information content (AvgIpc) is 2.00. The first kappa shape index (κ1) is 11.4. The molecular formula is C8H16O4. The highest BCUT2D eigenvalue weighted by atomic mass is 16.6. The zero-order valence-electron chi connectivity index (χ0n) is 7.70. The summed E-state index contributed by atoms with van der Waals surface area (Å²) in [4.78, 5) is 11.2. The third-order valence-corrected chi connectivity index (χ3v) is 1.80. The van der Waals surface area contributed by atoms with Gasteiger partial charge in [-0.3, -0.25) is 4.79 Å². The molecule has 0 saturated carbocycles. The van der Waals surface area contributed by atoms with Crippen molar-refractivity contribution in [3.8, 4) is 0 Å². The maximum Gasteiger partial charge on any atom is 0.311 e. The maximum absolute atomic E-state index is 11.2. The molecule has 0 rings (SSSR count). The van der Waals surface area contributed by atoms with Gasteiger partial charge in [0.25, 0.3) is 0 Å². The van der Waals surface area contributed by atoms with Crippen LogP contribution in [0.1, 0.15) is 27.2 Å². The van der Waals surface area contributed by atoms with Crippen molar-refractivity contribution in [2.75, 3.05) is 6.61 Å². The minimum Gasteiger partial charge on any atom is -0.460 e. The number of esters is 1. The molecule has 0 fully saturated rings. The Kier molecular flexibility index (Phi) is 4.20. The lowest BCUT2D eigenvalue weighted by molar-refractivity contribution is -0.166. The van der Waals surface area contributed by atoms with Crippen molar-refractivity contribution in [3.63, 3.8) is 0 Å². The monoisotopic (exact) mass is 176 g/mol. The van der Waals surface area contributed by atoms with Crippen LogP contribution in [0.2, 0.25) is 0 Å². The molecule has 0 aromatic rings. The fourth-order valence-electron chi connectivity index (χ4n) is 0.490. The van der Waals surface area contributed by atoms with Crippen LogP contribution in [-0.4, -0.2) is 29.1 Å². The molecule has 0 aromatic heterocycles. The van der Waals surface area contributed by atoms with Crippen molar-refractivity contribution in [1.82, 2.24) is 0 Å². The maximum atomic E-state index is 11.2. The molecule has 0 heterocycles. The molecule has 0 aliphatic rings. The van der Waals surface area contributed by atoms with E-state index >= 15 is 0 Å². The molecule has 4 heteroatoms. The number of aliphatic hydroxyl groups excluding tert-OH is 1. The van der Waals surface area contributed by atoms with Crippen LogP contribution in [-0.2, 0) is 9.53 Å². The summed E-state index contributed by atoms with van der Waals surface area (Å²) < 4.78 is 4.62. The van der Waals surface area contributed by atoms with E-state index in [0.29, 0.717) is 6.42 Å². The van der Waals surface area contributed by atoms with Crippen molar-refractivity contribution in [2.45, 2.75) is 33.5 Å². The molecule has 0 bridgehead atoms. The number of carbonyl (C=O) groups excluding carboxylic acids is 1. The Hall–Kier alpha value is -0.610. The van der Waals surface area contributed by atoms with Crippen LogP contribution in [0.25, 0.3) is 0 Å². The van der Waals surface area contributed by atoms with Gasteiger partial charge in [0.05, 0.1) is 5.41 Å². The van der Waals surface area contributed by atoms with Crippen LogP contribution in [0, 0.1) is 5.41 Å². The van der Waals surface area contributed by atoms with Gasteiger partial charge in [-0.15, -0.1) is 0 Å². The number of rotatable bonds is 4. The van der Waals surface area contributed by atoms with Crippen LogP contribution in [0.3, 0.4) is 0 Å². The summed E-state index contributed by atoms with van der Waals surface area (Å²) in [7, 11) is 0. The molecule has 0 saturated heterocycles. The Balaban J connectivity index is 3.88. The van der Waals surface area contributed by atoms with Gasteiger partial charge < -0.3 is 14.9 Å². The zero-order chi connectivity index (χ0) is 9.78. The van der Waals surface area contributed by atoms with E-state index in [1.807, 2.05) is 6.92 Å². The van der Waals surface area contributed by atoms with Crippen LogP contribution in [0.5, 0.6) is 0 Å². The van der Waals surface area contributed by atoms with Crippen molar-refractivity contribution < 1.29 is 19.7 Å². The van der Waals surface area contributed by atoms with Gasteiger partial charge in [-0.1, -0.05) is 6.92 Å². The van der Waals surface area contributed by atoms with Gasteiger partial charge in [0.15, 0.2) is 6.29 Å². The van der Waals surface area contributed by atoms with Gasteiger partial charge in [-0.2, -0.15) is 0 Å². The molecule has 0 radical (unpaired) electrons. The number of hydrogen-bond donors (Lipinski definition) is 2. The lowest BCUT2D eigenvalue weighted by Crippen LogP contribution is -2.28. The van der Waals surface area contributed by atoms with Gasteiger partial charge >= 0.3 is 5.97 Å². The second-order valence-corrected chi connectivity index (χ2v) is 3.32. The highest BCUT2D eigenvalue weighted by Gasteiger charge is 2.27. The second kappa shape index (κ2) is 4.42.